The number of aliphatic carboxylic acids is 1. The number of carbonyl (C=O) groups excluding carboxylic acids is 1. The van der Waals surface area contributed by atoms with E-state index in [1.165, 1.54) is 12.3 Å². The second-order valence-electron chi connectivity index (χ2n) is 4.21. The molecular weight excluding hydrogens is 272 g/mol. The van der Waals surface area contributed by atoms with E-state index in [-0.39, 0.29) is 12.3 Å². The van der Waals surface area contributed by atoms with Crippen LogP contribution < -0.4 is 5.32 Å². The van der Waals surface area contributed by atoms with Crippen LogP contribution in [0.5, 0.6) is 0 Å². The lowest BCUT2D eigenvalue weighted by Gasteiger charge is -2.05. The van der Waals surface area contributed by atoms with Gasteiger partial charge >= 0.3 is 5.97 Å². The van der Waals surface area contributed by atoms with Crippen molar-refractivity contribution in [1.29, 1.82) is 0 Å². The Morgan fingerprint density at radius 3 is 2.95 bits per heavy atom. The van der Waals surface area contributed by atoms with Crippen molar-refractivity contribution in [1.82, 2.24) is 14.8 Å². The van der Waals surface area contributed by atoms with Crippen LogP contribution in [0.15, 0.2) is 42.9 Å². The van der Waals surface area contributed by atoms with E-state index in [1.807, 2.05) is 0 Å². The Morgan fingerprint density at radius 1 is 1.38 bits per heavy atom. The molecule has 2 aromatic rings. The zero-order chi connectivity index (χ0) is 15.1. The first-order chi connectivity index (χ1) is 10.1. The lowest BCUT2D eigenvalue weighted by molar-refractivity contribution is -0.131. The van der Waals surface area contributed by atoms with Crippen LogP contribution in [0.25, 0.3) is 6.08 Å². The molecule has 0 spiro atoms. The van der Waals surface area contributed by atoms with Gasteiger partial charge in [-0.3, -0.25) is 9.48 Å². The number of rotatable bonds is 6. The van der Waals surface area contributed by atoms with Gasteiger partial charge in [0.15, 0.2) is 0 Å². The number of aromatic nitrogens is 3. The summed E-state index contributed by atoms with van der Waals surface area (Å²) < 4.78 is 1.67. The zero-order valence-electron chi connectivity index (χ0n) is 11.1. The van der Waals surface area contributed by atoms with Crippen molar-refractivity contribution >= 4 is 23.8 Å². The maximum Gasteiger partial charge on any atom is 0.328 e. The highest BCUT2D eigenvalue weighted by Crippen LogP contribution is 2.09. The fourth-order valence-corrected chi connectivity index (χ4v) is 1.64. The first-order valence-corrected chi connectivity index (χ1v) is 6.28. The van der Waals surface area contributed by atoms with E-state index in [4.69, 9.17) is 5.11 Å². The molecule has 0 bridgehead atoms. The Balaban J connectivity index is 1.91. The second-order valence-corrected chi connectivity index (χ2v) is 4.21. The minimum absolute atomic E-state index is 0.183. The van der Waals surface area contributed by atoms with Gasteiger partial charge in [0.1, 0.15) is 5.82 Å². The summed E-state index contributed by atoms with van der Waals surface area (Å²) in [6, 6.07) is 5.04. The Bertz CT molecular complexity index is 650. The van der Waals surface area contributed by atoms with E-state index in [0.717, 1.165) is 6.08 Å². The normalized spacial score (nSPS) is 10.7. The minimum Gasteiger partial charge on any atom is -0.478 e. The number of amides is 1. The molecule has 108 valence electrons. The van der Waals surface area contributed by atoms with Crippen molar-refractivity contribution in [3.05, 3.63) is 48.4 Å². The van der Waals surface area contributed by atoms with Gasteiger partial charge in [-0.05, 0) is 29.8 Å². The monoisotopic (exact) mass is 286 g/mol. The number of carbonyl (C=O) groups is 2. The molecule has 0 aliphatic rings. The van der Waals surface area contributed by atoms with Gasteiger partial charge in [-0.15, -0.1) is 0 Å². The molecule has 0 saturated heterocycles. The van der Waals surface area contributed by atoms with Gasteiger partial charge in [0.05, 0.1) is 0 Å². The molecule has 2 rings (SSSR count). The maximum atomic E-state index is 11.8. The number of aryl methyl sites for hydroxylation is 1. The quantitative estimate of drug-likeness (QED) is 0.782. The highest BCUT2D eigenvalue weighted by molar-refractivity contribution is 5.90. The highest BCUT2D eigenvalue weighted by atomic mass is 16.4. The van der Waals surface area contributed by atoms with Crippen molar-refractivity contribution in [2.45, 2.75) is 13.0 Å². The number of pyridine rings is 1. The summed E-state index contributed by atoms with van der Waals surface area (Å²) in [5, 5.41) is 15.2. The van der Waals surface area contributed by atoms with Crippen molar-refractivity contribution in [3.8, 4) is 0 Å². The standard InChI is InChI=1S/C14H14N4O3/c19-13(5-9-18-8-1-6-16-18)17-12-10-11(4-7-15-12)2-3-14(20)21/h1-4,6-8,10H,5,9H2,(H,20,21)(H,15,17,19)/b3-2+. The lowest BCUT2D eigenvalue weighted by atomic mass is 10.2. The zero-order valence-corrected chi connectivity index (χ0v) is 11.1. The van der Waals surface area contributed by atoms with Crippen molar-refractivity contribution in [2.24, 2.45) is 0 Å². The van der Waals surface area contributed by atoms with Gasteiger partial charge in [0, 0.05) is 37.6 Å². The molecule has 0 fully saturated rings. The third kappa shape index (κ3) is 4.90. The third-order valence-corrected chi connectivity index (χ3v) is 2.60. The Hall–Kier alpha value is -2.96. The molecule has 0 aromatic carbocycles. The molecule has 0 atom stereocenters. The van der Waals surface area contributed by atoms with E-state index in [0.29, 0.717) is 17.9 Å². The minimum atomic E-state index is -1.03. The number of hydrogen-bond acceptors (Lipinski definition) is 4. The van der Waals surface area contributed by atoms with Crippen molar-refractivity contribution < 1.29 is 14.7 Å². The molecule has 2 aromatic heterocycles. The first kappa shape index (κ1) is 14.4. The van der Waals surface area contributed by atoms with Gasteiger partial charge in [-0.1, -0.05) is 0 Å². The molecular formula is C14H14N4O3. The van der Waals surface area contributed by atoms with Gasteiger partial charge < -0.3 is 10.4 Å². The smallest absolute Gasteiger partial charge is 0.328 e. The van der Waals surface area contributed by atoms with E-state index in [9.17, 15) is 9.59 Å². The molecule has 0 saturated carbocycles. The SMILES string of the molecule is O=C(O)/C=C/c1ccnc(NC(=O)CCn2cccn2)c1. The van der Waals surface area contributed by atoms with E-state index < -0.39 is 5.97 Å². The average molecular weight is 286 g/mol. The molecule has 2 N–H and O–H groups in total. The third-order valence-electron chi connectivity index (χ3n) is 2.60. The Morgan fingerprint density at radius 2 is 2.24 bits per heavy atom. The number of nitrogens with one attached hydrogen (secondary N) is 1. The van der Waals surface area contributed by atoms with Crippen LogP contribution in [0.1, 0.15) is 12.0 Å². The summed E-state index contributed by atoms with van der Waals surface area (Å²) in [4.78, 5) is 26.2. The number of anilines is 1. The molecule has 21 heavy (non-hydrogen) atoms. The Labute approximate surface area is 120 Å². The van der Waals surface area contributed by atoms with Crippen LogP contribution in [-0.2, 0) is 16.1 Å². The van der Waals surface area contributed by atoms with Crippen LogP contribution in [0, 0.1) is 0 Å². The molecule has 0 aliphatic heterocycles. The summed E-state index contributed by atoms with van der Waals surface area (Å²) in [5.74, 6) is -0.831. The summed E-state index contributed by atoms with van der Waals surface area (Å²) >= 11 is 0. The summed E-state index contributed by atoms with van der Waals surface area (Å²) in [7, 11) is 0. The van der Waals surface area contributed by atoms with Crippen molar-refractivity contribution in [3.63, 3.8) is 0 Å². The number of carboxylic acid groups (broad SMARTS) is 1. The molecule has 2 heterocycles. The van der Waals surface area contributed by atoms with E-state index >= 15 is 0 Å². The summed E-state index contributed by atoms with van der Waals surface area (Å²) in [6.45, 7) is 0.484. The predicted molar refractivity (Wildman–Crippen MR) is 76.4 cm³/mol. The van der Waals surface area contributed by atoms with Crippen LogP contribution in [-0.4, -0.2) is 31.7 Å². The number of nitrogens with zero attached hydrogens (tertiary/aromatic N) is 3. The number of hydrogen-bond donors (Lipinski definition) is 2. The van der Waals surface area contributed by atoms with Crippen LogP contribution in [0.4, 0.5) is 5.82 Å². The molecule has 1 amide bonds. The molecule has 0 radical (unpaired) electrons. The number of carboxylic acids is 1. The Kier molecular flexibility index (Phi) is 4.81. The van der Waals surface area contributed by atoms with Gasteiger partial charge in [-0.25, -0.2) is 9.78 Å². The van der Waals surface area contributed by atoms with E-state index in [2.05, 4.69) is 15.4 Å². The second kappa shape index (κ2) is 6.99. The van der Waals surface area contributed by atoms with Gasteiger partial charge in [-0.2, -0.15) is 5.10 Å². The largest absolute Gasteiger partial charge is 0.478 e. The fourth-order valence-electron chi connectivity index (χ4n) is 1.64. The fraction of sp³-hybridized carbons (Fsp3) is 0.143. The molecule has 7 heteroatoms. The van der Waals surface area contributed by atoms with Crippen LogP contribution in [0.3, 0.4) is 0 Å². The van der Waals surface area contributed by atoms with Crippen LogP contribution >= 0.6 is 0 Å². The van der Waals surface area contributed by atoms with Crippen LogP contribution in [0.2, 0.25) is 0 Å². The maximum absolute atomic E-state index is 11.8. The van der Waals surface area contributed by atoms with E-state index in [1.54, 1.807) is 35.3 Å². The summed E-state index contributed by atoms with van der Waals surface area (Å²) in [5.41, 5.74) is 0.648. The van der Waals surface area contributed by atoms with Gasteiger partial charge in [0.2, 0.25) is 5.91 Å². The predicted octanol–water partition coefficient (Wildman–Crippen LogP) is 1.40. The molecule has 0 unspecified atom stereocenters. The molecule has 0 aliphatic carbocycles. The van der Waals surface area contributed by atoms with Crippen molar-refractivity contribution in [2.75, 3.05) is 5.32 Å². The van der Waals surface area contributed by atoms with Gasteiger partial charge in [0.25, 0.3) is 0 Å². The lowest BCUT2D eigenvalue weighted by Crippen LogP contribution is -2.15. The first-order valence-electron chi connectivity index (χ1n) is 6.28. The molecule has 7 nitrogen and oxygen atoms in total. The summed E-state index contributed by atoms with van der Waals surface area (Å²) in [6.07, 6.45) is 7.67. The average Bonchev–Trinajstić information content (AvgIpc) is 2.97. The highest BCUT2D eigenvalue weighted by Gasteiger charge is 2.04. The topological polar surface area (TPSA) is 97.1 Å².